The number of hydrogen-bond acceptors (Lipinski definition) is 2. The molecular formula is C8H14F3NO. The van der Waals surface area contributed by atoms with Crippen LogP contribution in [0.1, 0.15) is 19.8 Å². The first kappa shape index (κ1) is 10.8. The van der Waals surface area contributed by atoms with Crippen LogP contribution in [0.15, 0.2) is 0 Å². The molecule has 0 amide bonds. The summed E-state index contributed by atoms with van der Waals surface area (Å²) in [4.78, 5) is 0. The zero-order chi connectivity index (χ0) is 10.1. The molecule has 5 heteroatoms. The maximum atomic E-state index is 12.7. The van der Waals surface area contributed by atoms with Crippen molar-refractivity contribution in [2.45, 2.75) is 37.6 Å². The third-order valence-electron chi connectivity index (χ3n) is 2.59. The molecule has 13 heavy (non-hydrogen) atoms. The van der Waals surface area contributed by atoms with E-state index in [1.54, 1.807) is 6.92 Å². The first-order valence-electron chi connectivity index (χ1n) is 4.28. The summed E-state index contributed by atoms with van der Waals surface area (Å²) in [5.41, 5.74) is -1.75. The number of alkyl halides is 3. The molecule has 78 valence electrons. The SMILES string of the molecule is CNC1(C(F)(F)F)CCOC(C)C1. The minimum atomic E-state index is -4.19. The summed E-state index contributed by atoms with van der Waals surface area (Å²) in [6.07, 6.45) is -4.53. The zero-order valence-corrected chi connectivity index (χ0v) is 7.74. The van der Waals surface area contributed by atoms with Gasteiger partial charge in [-0.05, 0) is 20.4 Å². The summed E-state index contributed by atoms with van der Waals surface area (Å²) >= 11 is 0. The van der Waals surface area contributed by atoms with Gasteiger partial charge in [0.2, 0.25) is 0 Å². The highest BCUT2D eigenvalue weighted by Gasteiger charge is 2.55. The minimum absolute atomic E-state index is 0.00264. The van der Waals surface area contributed by atoms with Crippen LogP contribution in [0.5, 0.6) is 0 Å². The second-order valence-corrected chi connectivity index (χ2v) is 3.47. The highest BCUT2D eigenvalue weighted by molar-refractivity contribution is 4.97. The monoisotopic (exact) mass is 197 g/mol. The third kappa shape index (κ3) is 1.96. The van der Waals surface area contributed by atoms with E-state index in [0.29, 0.717) is 0 Å². The van der Waals surface area contributed by atoms with Gasteiger partial charge in [-0.25, -0.2) is 0 Å². The Kier molecular flexibility index (Phi) is 2.87. The van der Waals surface area contributed by atoms with Crippen LogP contribution in [0.2, 0.25) is 0 Å². The molecule has 1 fully saturated rings. The van der Waals surface area contributed by atoms with E-state index in [2.05, 4.69) is 5.32 Å². The van der Waals surface area contributed by atoms with Crippen LogP contribution in [0, 0.1) is 0 Å². The Morgan fingerprint density at radius 2 is 2.08 bits per heavy atom. The molecule has 1 aliphatic heterocycles. The predicted molar refractivity (Wildman–Crippen MR) is 42.5 cm³/mol. The quantitative estimate of drug-likeness (QED) is 0.690. The van der Waals surface area contributed by atoms with E-state index in [4.69, 9.17) is 4.74 Å². The van der Waals surface area contributed by atoms with Crippen molar-refractivity contribution < 1.29 is 17.9 Å². The molecule has 0 saturated carbocycles. The number of ether oxygens (including phenoxy) is 1. The van der Waals surface area contributed by atoms with Gasteiger partial charge in [0.1, 0.15) is 5.54 Å². The van der Waals surface area contributed by atoms with E-state index in [0.717, 1.165) is 0 Å². The molecule has 2 unspecified atom stereocenters. The molecule has 0 radical (unpaired) electrons. The van der Waals surface area contributed by atoms with Crippen LogP contribution >= 0.6 is 0 Å². The second-order valence-electron chi connectivity index (χ2n) is 3.47. The molecule has 1 rings (SSSR count). The number of rotatable bonds is 1. The molecule has 1 N–H and O–H groups in total. The van der Waals surface area contributed by atoms with Crippen molar-refractivity contribution in [2.24, 2.45) is 0 Å². The summed E-state index contributed by atoms with van der Waals surface area (Å²) in [5, 5.41) is 2.38. The summed E-state index contributed by atoms with van der Waals surface area (Å²) in [7, 11) is 1.35. The van der Waals surface area contributed by atoms with E-state index in [1.165, 1.54) is 7.05 Å². The molecule has 1 saturated heterocycles. The van der Waals surface area contributed by atoms with Crippen molar-refractivity contribution in [3.8, 4) is 0 Å². The van der Waals surface area contributed by atoms with Gasteiger partial charge in [-0.3, -0.25) is 0 Å². The van der Waals surface area contributed by atoms with Gasteiger partial charge in [0, 0.05) is 13.0 Å². The molecular weight excluding hydrogens is 183 g/mol. The van der Waals surface area contributed by atoms with Gasteiger partial charge in [0.05, 0.1) is 6.10 Å². The Morgan fingerprint density at radius 3 is 2.38 bits per heavy atom. The number of nitrogens with one attached hydrogen (secondary N) is 1. The van der Waals surface area contributed by atoms with Crippen LogP contribution in [0.25, 0.3) is 0 Å². The summed E-state index contributed by atoms with van der Waals surface area (Å²) in [5.74, 6) is 0. The summed E-state index contributed by atoms with van der Waals surface area (Å²) in [6, 6.07) is 0. The van der Waals surface area contributed by atoms with Crippen molar-refractivity contribution in [2.75, 3.05) is 13.7 Å². The molecule has 1 heterocycles. The fourth-order valence-corrected chi connectivity index (χ4v) is 1.71. The summed E-state index contributed by atoms with van der Waals surface area (Å²) < 4.78 is 43.0. The molecule has 2 atom stereocenters. The van der Waals surface area contributed by atoms with Crippen molar-refractivity contribution in [3.05, 3.63) is 0 Å². The number of halogens is 3. The Bertz CT molecular complexity index is 183. The standard InChI is InChI=1S/C8H14F3NO/c1-6-5-7(12-2,3-4-13-6)8(9,10)11/h6,12H,3-5H2,1-2H3. The Hall–Kier alpha value is -0.290. The molecule has 1 aliphatic rings. The topological polar surface area (TPSA) is 21.3 Å². The average Bonchev–Trinajstić information content (AvgIpc) is 2.02. The van der Waals surface area contributed by atoms with Crippen molar-refractivity contribution in [1.29, 1.82) is 0 Å². The van der Waals surface area contributed by atoms with E-state index < -0.39 is 11.7 Å². The molecule has 0 aliphatic carbocycles. The van der Waals surface area contributed by atoms with Crippen LogP contribution in [-0.4, -0.2) is 31.5 Å². The predicted octanol–water partition coefficient (Wildman–Crippen LogP) is 1.71. The fourth-order valence-electron chi connectivity index (χ4n) is 1.71. The van der Waals surface area contributed by atoms with Gasteiger partial charge in [-0.1, -0.05) is 0 Å². The molecule has 0 bridgehead atoms. The second kappa shape index (κ2) is 3.46. The van der Waals surface area contributed by atoms with Gasteiger partial charge in [0.25, 0.3) is 0 Å². The van der Waals surface area contributed by atoms with Gasteiger partial charge in [0.15, 0.2) is 0 Å². The first-order chi connectivity index (χ1) is 5.91. The Balaban J connectivity index is 2.79. The van der Waals surface area contributed by atoms with Crippen molar-refractivity contribution >= 4 is 0 Å². The molecule has 0 spiro atoms. The van der Waals surface area contributed by atoms with Crippen LogP contribution in [-0.2, 0) is 4.74 Å². The van der Waals surface area contributed by atoms with E-state index in [1.807, 2.05) is 0 Å². The van der Waals surface area contributed by atoms with Crippen molar-refractivity contribution in [1.82, 2.24) is 5.32 Å². The van der Waals surface area contributed by atoms with Crippen LogP contribution in [0.4, 0.5) is 13.2 Å². The number of hydrogen-bond donors (Lipinski definition) is 1. The average molecular weight is 197 g/mol. The van der Waals surface area contributed by atoms with E-state index >= 15 is 0 Å². The lowest BCUT2D eigenvalue weighted by Gasteiger charge is -2.40. The molecule has 0 aromatic heterocycles. The van der Waals surface area contributed by atoms with Crippen LogP contribution < -0.4 is 5.32 Å². The van der Waals surface area contributed by atoms with Gasteiger partial charge >= 0.3 is 6.18 Å². The van der Waals surface area contributed by atoms with Crippen LogP contribution in [0.3, 0.4) is 0 Å². The Labute approximate surface area is 75.4 Å². The highest BCUT2D eigenvalue weighted by Crippen LogP contribution is 2.39. The molecule has 0 aromatic rings. The lowest BCUT2D eigenvalue weighted by atomic mass is 9.86. The van der Waals surface area contributed by atoms with Gasteiger partial charge in [-0.2, -0.15) is 13.2 Å². The first-order valence-corrected chi connectivity index (χ1v) is 4.28. The highest BCUT2D eigenvalue weighted by atomic mass is 19.4. The molecule has 0 aromatic carbocycles. The van der Waals surface area contributed by atoms with E-state index in [9.17, 15) is 13.2 Å². The summed E-state index contributed by atoms with van der Waals surface area (Å²) in [6.45, 7) is 1.83. The maximum absolute atomic E-state index is 12.7. The smallest absolute Gasteiger partial charge is 0.378 e. The largest absolute Gasteiger partial charge is 0.406 e. The third-order valence-corrected chi connectivity index (χ3v) is 2.59. The zero-order valence-electron chi connectivity index (χ0n) is 7.74. The van der Waals surface area contributed by atoms with Gasteiger partial charge in [-0.15, -0.1) is 0 Å². The fraction of sp³-hybridized carbons (Fsp3) is 1.00. The molecule has 2 nitrogen and oxygen atoms in total. The van der Waals surface area contributed by atoms with E-state index in [-0.39, 0.29) is 25.6 Å². The van der Waals surface area contributed by atoms with Crippen molar-refractivity contribution in [3.63, 3.8) is 0 Å². The lowest BCUT2D eigenvalue weighted by molar-refractivity contribution is -0.222. The lowest BCUT2D eigenvalue weighted by Crippen LogP contribution is -2.59. The Morgan fingerprint density at radius 1 is 1.46 bits per heavy atom. The minimum Gasteiger partial charge on any atom is -0.378 e. The normalized spacial score (nSPS) is 36.2. The van der Waals surface area contributed by atoms with Gasteiger partial charge < -0.3 is 10.1 Å². The maximum Gasteiger partial charge on any atom is 0.406 e.